The molecule has 2 nitrogen and oxygen atoms in total. The van der Waals surface area contributed by atoms with Crippen molar-refractivity contribution in [2.24, 2.45) is 5.16 Å². The second-order valence-electron chi connectivity index (χ2n) is 1.81. The van der Waals surface area contributed by atoms with Gasteiger partial charge >= 0.3 is 1.43 Å². The van der Waals surface area contributed by atoms with Gasteiger partial charge < -0.3 is 5.21 Å². The van der Waals surface area contributed by atoms with Gasteiger partial charge in [0.25, 0.3) is 0 Å². The van der Waals surface area contributed by atoms with Crippen LogP contribution in [-0.4, -0.2) is 10.9 Å². The molecule has 0 amide bonds. The normalized spacial score (nSPS) is 18.2. The third-order valence-corrected chi connectivity index (χ3v) is 1.14. The van der Waals surface area contributed by atoms with Gasteiger partial charge in [-0.2, -0.15) is 0 Å². The van der Waals surface area contributed by atoms with Crippen molar-refractivity contribution in [2.75, 3.05) is 0 Å². The lowest BCUT2D eigenvalue weighted by atomic mass is 10.1. The fourth-order valence-electron chi connectivity index (χ4n) is 0.649. The number of hydrogen-bond acceptors (Lipinski definition) is 2. The molecular formula is C8H9NO. The van der Waals surface area contributed by atoms with E-state index in [-0.39, 0.29) is 5.71 Å². The van der Waals surface area contributed by atoms with Crippen molar-refractivity contribution in [3.05, 3.63) is 35.9 Å². The Bertz CT molecular complexity index is 320. The third kappa shape index (κ3) is 1.35. The maximum absolute atomic E-state index is 7.17. The first-order valence-corrected chi connectivity index (χ1v) is 2.82. The highest BCUT2D eigenvalue weighted by atomic mass is 16.4. The number of nitrogens with zero attached hydrogens (tertiary/aromatic N) is 1. The highest BCUT2D eigenvalue weighted by Gasteiger charge is 1.92. The summed E-state index contributed by atoms with van der Waals surface area (Å²) in [6.45, 7) is -2.37. The van der Waals surface area contributed by atoms with Crippen LogP contribution in [0.1, 0.15) is 16.5 Å². The van der Waals surface area contributed by atoms with E-state index in [1.165, 1.54) is 0 Å². The van der Waals surface area contributed by atoms with Gasteiger partial charge in [0.15, 0.2) is 0 Å². The monoisotopic (exact) mass is 139 g/mol. The van der Waals surface area contributed by atoms with Crippen LogP contribution in [0.5, 0.6) is 0 Å². The van der Waals surface area contributed by atoms with Crippen LogP contribution in [0.15, 0.2) is 35.5 Å². The van der Waals surface area contributed by atoms with Crippen LogP contribution in [0, 0.1) is 0 Å². The standard InChI is InChI=1S/C8H9NO/c1-7(9-10)8-5-3-2-4-6-8/h2-6,10H,1H3/b9-7+/i1D3/hD. The average molecular weight is 139 g/mol. The van der Waals surface area contributed by atoms with Gasteiger partial charge in [-0.15, -0.1) is 0 Å². The predicted octanol–water partition coefficient (Wildman–Crippen LogP) is 1.88. The van der Waals surface area contributed by atoms with Gasteiger partial charge in [0.05, 0.1) is 5.71 Å². The Balaban J connectivity index is 3.09. The molecule has 0 spiro atoms. The minimum absolute atomic E-state index is 0.215. The predicted molar refractivity (Wildman–Crippen MR) is 40.4 cm³/mol. The van der Waals surface area contributed by atoms with E-state index in [0.717, 1.165) is 0 Å². The fourth-order valence-corrected chi connectivity index (χ4v) is 0.649. The zero-order valence-corrected chi connectivity index (χ0v) is 5.24. The SMILES string of the molecule is [2H]O/N=C(/c1ccccc1)C([2H])([2H])[2H]. The number of hydrogen-bond donors (Lipinski definition) is 1. The molecule has 10 heavy (non-hydrogen) atoms. The molecule has 1 aromatic rings. The summed E-state index contributed by atoms with van der Waals surface area (Å²) in [5, 5.41) is 6.95. The molecule has 2 heteroatoms. The van der Waals surface area contributed by atoms with E-state index < -0.39 is 6.85 Å². The molecule has 0 saturated carbocycles. The Morgan fingerprint density at radius 2 is 2.40 bits per heavy atom. The van der Waals surface area contributed by atoms with Crippen LogP contribution in [0.4, 0.5) is 0 Å². The summed E-state index contributed by atoms with van der Waals surface area (Å²) >= 11 is 0. The Kier molecular flexibility index (Phi) is 0.961. The lowest BCUT2D eigenvalue weighted by molar-refractivity contribution is 0.319. The van der Waals surface area contributed by atoms with Gasteiger partial charge in [-0.25, -0.2) is 0 Å². The molecule has 1 aromatic carbocycles. The zero-order valence-electron chi connectivity index (χ0n) is 9.24. The van der Waals surface area contributed by atoms with Crippen molar-refractivity contribution in [3.63, 3.8) is 0 Å². The largest absolute Gasteiger partial charge is 0.411 e. The van der Waals surface area contributed by atoms with E-state index in [2.05, 4.69) is 10.4 Å². The Labute approximate surface area is 65.5 Å². The van der Waals surface area contributed by atoms with E-state index >= 15 is 0 Å². The van der Waals surface area contributed by atoms with Gasteiger partial charge in [0, 0.05) is 4.11 Å². The maximum Gasteiger partial charge on any atom is 0.330 e. The molecule has 0 heterocycles. The minimum Gasteiger partial charge on any atom is -0.411 e. The van der Waals surface area contributed by atoms with Gasteiger partial charge in [-0.05, 0) is 12.4 Å². The molecule has 0 aromatic heterocycles. The van der Waals surface area contributed by atoms with Crippen molar-refractivity contribution in [3.8, 4) is 0 Å². The van der Waals surface area contributed by atoms with Crippen LogP contribution in [0.3, 0.4) is 0 Å². The molecule has 0 aliphatic heterocycles. The second kappa shape index (κ2) is 3.01. The summed E-state index contributed by atoms with van der Waals surface area (Å²) in [5.41, 5.74) is 0.216. The third-order valence-electron chi connectivity index (χ3n) is 1.14. The fraction of sp³-hybridized carbons (Fsp3) is 0.125. The Morgan fingerprint density at radius 3 is 3.00 bits per heavy atom. The molecule has 0 aliphatic rings. The van der Waals surface area contributed by atoms with Crippen LogP contribution in [0.2, 0.25) is 1.43 Å². The summed E-state index contributed by atoms with van der Waals surface area (Å²) in [4.78, 5) is 0. The molecule has 0 fully saturated rings. The summed E-state index contributed by atoms with van der Waals surface area (Å²) in [6.07, 6.45) is 0. The maximum atomic E-state index is 7.17. The molecule has 0 unspecified atom stereocenters. The quantitative estimate of drug-likeness (QED) is 0.379. The minimum atomic E-state index is -2.37. The van der Waals surface area contributed by atoms with Crippen LogP contribution in [-0.2, 0) is 0 Å². The smallest absolute Gasteiger partial charge is 0.330 e. The molecule has 0 bridgehead atoms. The number of oxime groups is 1. The molecule has 0 saturated heterocycles. The summed E-state index contributed by atoms with van der Waals surface area (Å²) in [6, 6.07) is 8.36. The number of rotatable bonds is 2. The molecule has 0 aliphatic carbocycles. The Hall–Kier alpha value is -1.31. The first-order chi connectivity index (χ1) is 6.55. The molecule has 1 N–H and O–H groups in total. The van der Waals surface area contributed by atoms with Crippen molar-refractivity contribution < 1.29 is 10.8 Å². The highest BCUT2D eigenvalue weighted by molar-refractivity contribution is 5.98. The first kappa shape index (κ1) is 3.19. The van der Waals surface area contributed by atoms with Crippen molar-refractivity contribution in [2.45, 2.75) is 6.85 Å². The van der Waals surface area contributed by atoms with Crippen molar-refractivity contribution >= 4 is 5.71 Å². The van der Waals surface area contributed by atoms with Crippen LogP contribution < -0.4 is 0 Å². The summed E-state index contributed by atoms with van der Waals surface area (Å²) in [5.74, 6) is 0. The van der Waals surface area contributed by atoms with E-state index in [9.17, 15) is 0 Å². The molecule has 1 rings (SSSR count). The van der Waals surface area contributed by atoms with E-state index in [1.54, 1.807) is 30.3 Å². The molecular weight excluding hydrogens is 126 g/mol. The van der Waals surface area contributed by atoms with Gasteiger partial charge in [0.1, 0.15) is 0 Å². The lowest BCUT2D eigenvalue weighted by Gasteiger charge is -1.94. The lowest BCUT2D eigenvalue weighted by Crippen LogP contribution is -1.92. The first-order valence-electron chi connectivity index (χ1n) is 4.73. The summed E-state index contributed by atoms with van der Waals surface area (Å²) in [7, 11) is 0. The van der Waals surface area contributed by atoms with Gasteiger partial charge in [-0.3, -0.25) is 0 Å². The topological polar surface area (TPSA) is 32.6 Å². The van der Waals surface area contributed by atoms with E-state index in [1.807, 2.05) is 0 Å². The van der Waals surface area contributed by atoms with Crippen LogP contribution >= 0.6 is 0 Å². The van der Waals surface area contributed by atoms with Gasteiger partial charge in [-0.1, -0.05) is 35.5 Å². The van der Waals surface area contributed by atoms with E-state index in [0.29, 0.717) is 5.56 Å². The second-order valence-corrected chi connectivity index (χ2v) is 1.81. The Morgan fingerprint density at radius 1 is 1.60 bits per heavy atom. The number of benzene rings is 1. The highest BCUT2D eigenvalue weighted by Crippen LogP contribution is 1.99. The molecule has 0 atom stereocenters. The van der Waals surface area contributed by atoms with Gasteiger partial charge in [0.2, 0.25) is 0 Å². The van der Waals surface area contributed by atoms with Crippen LogP contribution in [0.25, 0.3) is 0 Å². The van der Waals surface area contributed by atoms with Crippen molar-refractivity contribution in [1.82, 2.24) is 0 Å². The molecule has 0 radical (unpaired) electrons. The molecule has 52 valence electrons. The zero-order chi connectivity index (χ0) is 10.6. The van der Waals surface area contributed by atoms with E-state index in [4.69, 9.17) is 5.54 Å². The average Bonchev–Trinajstić information content (AvgIpc) is 2.14. The van der Waals surface area contributed by atoms with Crippen molar-refractivity contribution in [1.29, 1.82) is 0 Å². The summed E-state index contributed by atoms with van der Waals surface area (Å²) < 4.78 is 27.9.